The highest BCUT2D eigenvalue weighted by atomic mass is 79.9. The first-order chi connectivity index (χ1) is 9.76. The lowest BCUT2D eigenvalue weighted by molar-refractivity contribution is 0.274. The van der Waals surface area contributed by atoms with Crippen LogP contribution in [0.5, 0.6) is 11.5 Å². The molecule has 1 heterocycles. The van der Waals surface area contributed by atoms with Gasteiger partial charge >= 0.3 is 0 Å². The Balaban J connectivity index is 1.83. The van der Waals surface area contributed by atoms with Crippen molar-refractivity contribution in [3.63, 3.8) is 0 Å². The molecule has 0 bridgehead atoms. The Morgan fingerprint density at radius 2 is 2.00 bits per heavy atom. The molecule has 0 amide bonds. The summed E-state index contributed by atoms with van der Waals surface area (Å²) in [6.45, 7) is 0.739. The monoisotopic (exact) mass is 333 g/mol. The quantitative estimate of drug-likeness (QED) is 0.903. The van der Waals surface area contributed by atoms with E-state index in [1.165, 1.54) is 5.56 Å². The fourth-order valence-corrected chi connectivity index (χ4v) is 2.78. The SMILES string of the molecule is COc1ccc(NC2CCOc3ccc(Br)cc32)cc1. The second kappa shape index (κ2) is 5.75. The van der Waals surface area contributed by atoms with E-state index in [9.17, 15) is 0 Å². The van der Waals surface area contributed by atoms with Gasteiger partial charge in [-0.2, -0.15) is 0 Å². The zero-order chi connectivity index (χ0) is 13.9. The number of ether oxygens (including phenoxy) is 2. The molecule has 2 aromatic rings. The first-order valence-electron chi connectivity index (χ1n) is 6.59. The van der Waals surface area contributed by atoms with Gasteiger partial charge in [-0.3, -0.25) is 0 Å². The van der Waals surface area contributed by atoms with Crippen LogP contribution >= 0.6 is 15.9 Å². The number of hydrogen-bond acceptors (Lipinski definition) is 3. The minimum Gasteiger partial charge on any atom is -0.497 e. The molecule has 0 saturated heterocycles. The molecule has 0 spiro atoms. The molecule has 104 valence electrons. The van der Waals surface area contributed by atoms with Crippen LogP contribution in [-0.4, -0.2) is 13.7 Å². The summed E-state index contributed by atoms with van der Waals surface area (Å²) in [6, 6.07) is 14.4. The maximum absolute atomic E-state index is 5.70. The lowest BCUT2D eigenvalue weighted by atomic mass is 10.0. The maximum Gasteiger partial charge on any atom is 0.124 e. The zero-order valence-corrected chi connectivity index (χ0v) is 12.8. The summed E-state index contributed by atoms with van der Waals surface area (Å²) < 4.78 is 12.0. The van der Waals surface area contributed by atoms with Crippen molar-refractivity contribution in [1.82, 2.24) is 0 Å². The van der Waals surface area contributed by atoms with Gasteiger partial charge < -0.3 is 14.8 Å². The third kappa shape index (κ3) is 2.75. The molecule has 3 nitrogen and oxygen atoms in total. The average Bonchev–Trinajstić information content (AvgIpc) is 2.49. The van der Waals surface area contributed by atoms with Crippen LogP contribution in [0.4, 0.5) is 5.69 Å². The molecule has 2 aromatic carbocycles. The van der Waals surface area contributed by atoms with Crippen molar-refractivity contribution in [2.75, 3.05) is 19.0 Å². The topological polar surface area (TPSA) is 30.5 Å². The van der Waals surface area contributed by atoms with Crippen molar-refractivity contribution in [2.24, 2.45) is 0 Å². The number of anilines is 1. The maximum atomic E-state index is 5.70. The summed E-state index contributed by atoms with van der Waals surface area (Å²) in [4.78, 5) is 0. The molecule has 0 radical (unpaired) electrons. The van der Waals surface area contributed by atoms with Crippen molar-refractivity contribution in [1.29, 1.82) is 0 Å². The van der Waals surface area contributed by atoms with Crippen LogP contribution in [0.25, 0.3) is 0 Å². The molecular weight excluding hydrogens is 318 g/mol. The van der Waals surface area contributed by atoms with Gasteiger partial charge in [-0.05, 0) is 42.5 Å². The number of rotatable bonds is 3. The normalized spacial score (nSPS) is 17.0. The van der Waals surface area contributed by atoms with E-state index in [1.807, 2.05) is 36.4 Å². The van der Waals surface area contributed by atoms with Crippen molar-refractivity contribution < 1.29 is 9.47 Å². The molecule has 0 saturated carbocycles. The Morgan fingerprint density at radius 3 is 2.75 bits per heavy atom. The van der Waals surface area contributed by atoms with Gasteiger partial charge in [-0.25, -0.2) is 0 Å². The highest BCUT2D eigenvalue weighted by Gasteiger charge is 2.21. The minimum atomic E-state index is 0.268. The number of fused-ring (bicyclic) bond motifs is 1. The van der Waals surface area contributed by atoms with Crippen molar-refractivity contribution in [3.8, 4) is 11.5 Å². The number of nitrogens with one attached hydrogen (secondary N) is 1. The van der Waals surface area contributed by atoms with Crippen LogP contribution in [0.3, 0.4) is 0 Å². The molecule has 1 aliphatic rings. The third-order valence-electron chi connectivity index (χ3n) is 3.44. The predicted octanol–water partition coefficient (Wildman–Crippen LogP) is 4.39. The molecule has 3 rings (SSSR count). The Kier molecular flexibility index (Phi) is 3.83. The van der Waals surface area contributed by atoms with E-state index in [0.29, 0.717) is 0 Å². The summed E-state index contributed by atoms with van der Waals surface area (Å²) in [7, 11) is 1.68. The molecule has 1 N–H and O–H groups in total. The van der Waals surface area contributed by atoms with Crippen LogP contribution in [0, 0.1) is 0 Å². The van der Waals surface area contributed by atoms with E-state index in [4.69, 9.17) is 9.47 Å². The molecule has 0 fully saturated rings. The predicted molar refractivity (Wildman–Crippen MR) is 83.6 cm³/mol. The third-order valence-corrected chi connectivity index (χ3v) is 3.94. The number of methoxy groups -OCH3 is 1. The molecule has 0 aromatic heterocycles. The fraction of sp³-hybridized carbons (Fsp3) is 0.250. The number of benzene rings is 2. The van der Waals surface area contributed by atoms with Gasteiger partial charge in [0.2, 0.25) is 0 Å². The number of halogens is 1. The van der Waals surface area contributed by atoms with Crippen LogP contribution in [-0.2, 0) is 0 Å². The Bertz CT molecular complexity index is 598. The van der Waals surface area contributed by atoms with E-state index in [1.54, 1.807) is 7.11 Å². The molecule has 1 atom stereocenters. The summed E-state index contributed by atoms with van der Waals surface area (Å²) in [5.41, 5.74) is 2.28. The first kappa shape index (κ1) is 13.3. The summed E-state index contributed by atoms with van der Waals surface area (Å²) in [6.07, 6.45) is 0.954. The van der Waals surface area contributed by atoms with Crippen LogP contribution in [0.2, 0.25) is 0 Å². The van der Waals surface area contributed by atoms with Gasteiger partial charge in [0.25, 0.3) is 0 Å². The summed E-state index contributed by atoms with van der Waals surface area (Å²) >= 11 is 3.52. The second-order valence-corrected chi connectivity index (χ2v) is 5.66. The van der Waals surface area contributed by atoms with Crippen LogP contribution < -0.4 is 14.8 Å². The standard InChI is InChI=1S/C16H16BrNO2/c1-19-13-5-3-12(4-6-13)18-15-8-9-20-16-7-2-11(17)10-14(15)16/h2-7,10,15,18H,8-9H2,1H3. The summed E-state index contributed by atoms with van der Waals surface area (Å²) in [5.74, 6) is 1.83. The van der Waals surface area contributed by atoms with Gasteiger partial charge in [-0.15, -0.1) is 0 Å². The van der Waals surface area contributed by atoms with E-state index in [0.717, 1.165) is 34.7 Å². The second-order valence-electron chi connectivity index (χ2n) is 4.74. The van der Waals surface area contributed by atoms with Crippen molar-refractivity contribution in [3.05, 3.63) is 52.5 Å². The number of hydrogen-bond donors (Lipinski definition) is 1. The van der Waals surface area contributed by atoms with Gasteiger partial charge in [0, 0.05) is 22.1 Å². The highest BCUT2D eigenvalue weighted by Crippen LogP contribution is 2.36. The van der Waals surface area contributed by atoms with E-state index < -0.39 is 0 Å². The van der Waals surface area contributed by atoms with Gasteiger partial charge in [0.05, 0.1) is 19.8 Å². The van der Waals surface area contributed by atoms with Gasteiger partial charge in [0.1, 0.15) is 11.5 Å². The average molecular weight is 334 g/mol. The zero-order valence-electron chi connectivity index (χ0n) is 11.2. The van der Waals surface area contributed by atoms with Gasteiger partial charge in [-0.1, -0.05) is 15.9 Å². The Morgan fingerprint density at radius 1 is 1.20 bits per heavy atom. The molecule has 1 unspecified atom stereocenters. The highest BCUT2D eigenvalue weighted by molar-refractivity contribution is 9.10. The largest absolute Gasteiger partial charge is 0.497 e. The van der Waals surface area contributed by atoms with E-state index in [-0.39, 0.29) is 6.04 Å². The van der Waals surface area contributed by atoms with E-state index >= 15 is 0 Å². The minimum absolute atomic E-state index is 0.268. The Labute approximate surface area is 127 Å². The van der Waals surface area contributed by atoms with Crippen molar-refractivity contribution in [2.45, 2.75) is 12.5 Å². The van der Waals surface area contributed by atoms with Gasteiger partial charge in [0.15, 0.2) is 0 Å². The van der Waals surface area contributed by atoms with Crippen LogP contribution in [0.1, 0.15) is 18.0 Å². The van der Waals surface area contributed by atoms with Crippen molar-refractivity contribution >= 4 is 21.6 Å². The molecule has 1 aliphatic heterocycles. The smallest absolute Gasteiger partial charge is 0.124 e. The molecule has 0 aliphatic carbocycles. The molecular formula is C16H16BrNO2. The Hall–Kier alpha value is -1.68. The fourth-order valence-electron chi connectivity index (χ4n) is 2.40. The molecule has 4 heteroatoms. The lowest BCUT2D eigenvalue weighted by Gasteiger charge is -2.27. The lowest BCUT2D eigenvalue weighted by Crippen LogP contribution is -2.20. The molecule has 20 heavy (non-hydrogen) atoms. The van der Waals surface area contributed by atoms with Crippen LogP contribution in [0.15, 0.2) is 46.9 Å². The summed E-state index contributed by atoms with van der Waals surface area (Å²) in [5, 5.41) is 3.56. The van der Waals surface area contributed by atoms with E-state index in [2.05, 4.69) is 27.3 Å². The first-order valence-corrected chi connectivity index (χ1v) is 7.38.